The molecule has 0 saturated carbocycles. The van der Waals surface area contributed by atoms with Gasteiger partial charge in [0.25, 0.3) is 0 Å². The predicted octanol–water partition coefficient (Wildman–Crippen LogP) is 3.01. The first kappa shape index (κ1) is 11.3. The van der Waals surface area contributed by atoms with E-state index in [4.69, 9.17) is 0 Å². The van der Waals surface area contributed by atoms with Crippen LogP contribution in [-0.4, -0.2) is 25.1 Å². The van der Waals surface area contributed by atoms with Crippen LogP contribution in [-0.2, 0) is 0 Å². The summed E-state index contributed by atoms with van der Waals surface area (Å²) in [5.41, 5.74) is 0.398. The Hall–Kier alpha value is 0.177. The Morgan fingerprint density at radius 2 is 1.54 bits per heavy atom. The Morgan fingerprint density at radius 3 is 1.85 bits per heavy atom. The molecule has 1 aliphatic heterocycles. The van der Waals surface area contributed by atoms with Crippen molar-refractivity contribution in [2.75, 3.05) is 0 Å². The summed E-state index contributed by atoms with van der Waals surface area (Å²) in [4.78, 5) is 0. The van der Waals surface area contributed by atoms with Gasteiger partial charge in [-0.15, -0.1) is 0 Å². The summed E-state index contributed by atoms with van der Waals surface area (Å²) in [5, 5.41) is 0. The first-order valence-corrected chi connectivity index (χ1v) is 7.86. The second-order valence-corrected chi connectivity index (χ2v) is 8.63. The van der Waals surface area contributed by atoms with Gasteiger partial charge < -0.3 is 4.57 Å². The van der Waals surface area contributed by atoms with E-state index in [0.29, 0.717) is 5.54 Å². The molecule has 0 atom stereocenters. The summed E-state index contributed by atoms with van der Waals surface area (Å²) < 4.78 is 2.83. The smallest absolute Gasteiger partial charge is 0.112 e. The van der Waals surface area contributed by atoms with Crippen molar-refractivity contribution >= 4 is 8.96 Å². The van der Waals surface area contributed by atoms with Gasteiger partial charge in [-0.2, -0.15) is 0 Å². The summed E-state index contributed by atoms with van der Waals surface area (Å²) in [6, 6.07) is 3.85. The zero-order valence-electron chi connectivity index (χ0n) is 9.93. The zero-order valence-corrected chi connectivity index (χ0v) is 11.1. The van der Waals surface area contributed by atoms with Gasteiger partial charge >= 0.3 is 0 Å². The highest BCUT2D eigenvalue weighted by Crippen LogP contribution is 2.29. The lowest BCUT2D eigenvalue weighted by atomic mass is 10.1. The van der Waals surface area contributed by atoms with Crippen molar-refractivity contribution in [1.82, 2.24) is 4.57 Å². The van der Waals surface area contributed by atoms with Crippen molar-refractivity contribution in [3.8, 4) is 0 Å². The van der Waals surface area contributed by atoms with Crippen LogP contribution in [0.3, 0.4) is 0 Å². The van der Waals surface area contributed by atoms with E-state index in [1.54, 1.807) is 12.1 Å². The molecule has 0 radical (unpaired) electrons. The number of hydrogen-bond acceptors (Lipinski definition) is 1. The monoisotopic (exact) mass is 199 g/mol. The van der Waals surface area contributed by atoms with Crippen molar-refractivity contribution in [1.29, 1.82) is 0 Å². The van der Waals surface area contributed by atoms with Crippen LogP contribution in [0.15, 0.2) is 0 Å². The number of hydrogen-bond donors (Lipinski definition) is 0. The molecule has 1 fully saturated rings. The molecule has 0 amide bonds. The third-order valence-electron chi connectivity index (χ3n) is 3.05. The highest BCUT2D eigenvalue weighted by atomic mass is 28.3. The Morgan fingerprint density at radius 1 is 1.08 bits per heavy atom. The maximum Gasteiger partial charge on any atom is 0.112 e. The predicted molar refractivity (Wildman–Crippen MR) is 62.7 cm³/mol. The van der Waals surface area contributed by atoms with Crippen LogP contribution in [0.4, 0.5) is 0 Å². The average Bonchev–Trinajstić information content (AvgIpc) is 2.34. The summed E-state index contributed by atoms with van der Waals surface area (Å²) >= 11 is 0. The van der Waals surface area contributed by atoms with Gasteiger partial charge in [-0.25, -0.2) is 0 Å². The van der Waals surface area contributed by atoms with Gasteiger partial charge in [0.1, 0.15) is 8.96 Å². The van der Waals surface area contributed by atoms with Crippen molar-refractivity contribution in [3.05, 3.63) is 0 Å². The van der Waals surface area contributed by atoms with Crippen LogP contribution in [0.2, 0.25) is 12.1 Å². The maximum atomic E-state index is 2.83. The summed E-state index contributed by atoms with van der Waals surface area (Å²) in [7, 11) is -0.546. The van der Waals surface area contributed by atoms with Gasteiger partial charge in [-0.1, -0.05) is 26.7 Å². The van der Waals surface area contributed by atoms with E-state index in [0.717, 1.165) is 6.04 Å². The first-order chi connectivity index (χ1) is 5.93. The van der Waals surface area contributed by atoms with Crippen LogP contribution in [0, 0.1) is 0 Å². The van der Waals surface area contributed by atoms with E-state index in [2.05, 4.69) is 39.2 Å². The minimum Gasteiger partial charge on any atom is -0.319 e. The van der Waals surface area contributed by atoms with Crippen molar-refractivity contribution in [2.45, 2.75) is 71.1 Å². The minimum atomic E-state index is -0.546. The number of nitrogens with zero attached hydrogens (tertiary/aromatic N) is 1. The van der Waals surface area contributed by atoms with E-state index < -0.39 is 8.96 Å². The normalized spacial score (nSPS) is 20.5. The molecule has 0 aromatic heterocycles. The lowest BCUT2D eigenvalue weighted by Gasteiger charge is -2.43. The van der Waals surface area contributed by atoms with Crippen molar-refractivity contribution in [2.24, 2.45) is 0 Å². The van der Waals surface area contributed by atoms with Crippen LogP contribution in [0.1, 0.15) is 47.5 Å². The maximum absolute atomic E-state index is 2.83. The van der Waals surface area contributed by atoms with E-state index in [1.807, 2.05) is 0 Å². The fourth-order valence-corrected chi connectivity index (χ4v) is 7.23. The molecule has 0 aliphatic carbocycles. The van der Waals surface area contributed by atoms with Crippen LogP contribution < -0.4 is 0 Å². The fourth-order valence-electron chi connectivity index (χ4n) is 2.93. The van der Waals surface area contributed by atoms with Gasteiger partial charge in [0.2, 0.25) is 0 Å². The first-order valence-electron chi connectivity index (χ1n) is 5.71. The Bertz CT molecular complexity index is 154. The second kappa shape index (κ2) is 4.14. The van der Waals surface area contributed by atoms with Crippen LogP contribution in [0.25, 0.3) is 0 Å². The Balaban J connectivity index is 2.67. The van der Waals surface area contributed by atoms with Gasteiger partial charge in [0, 0.05) is 5.54 Å². The molecular weight excluding hydrogens is 174 g/mol. The average molecular weight is 199 g/mol. The molecule has 0 aromatic carbocycles. The summed E-state index contributed by atoms with van der Waals surface area (Å²) in [6.07, 6.45) is 2.99. The van der Waals surface area contributed by atoms with Gasteiger partial charge in [-0.05, 0) is 38.9 Å². The molecular formula is C11H25NSi. The largest absolute Gasteiger partial charge is 0.319 e. The topological polar surface area (TPSA) is 3.24 Å². The molecule has 0 unspecified atom stereocenters. The third kappa shape index (κ3) is 2.81. The lowest BCUT2D eigenvalue weighted by molar-refractivity contribution is 0.205. The molecule has 1 heterocycles. The summed E-state index contributed by atoms with van der Waals surface area (Å²) in [6.45, 7) is 11.8. The lowest BCUT2D eigenvalue weighted by Crippen LogP contribution is -2.53. The quantitative estimate of drug-likeness (QED) is 0.618. The van der Waals surface area contributed by atoms with E-state index in [1.165, 1.54) is 12.8 Å². The van der Waals surface area contributed by atoms with Crippen LogP contribution in [0.5, 0.6) is 0 Å². The van der Waals surface area contributed by atoms with Crippen molar-refractivity contribution in [3.63, 3.8) is 0 Å². The highest BCUT2D eigenvalue weighted by Gasteiger charge is 2.33. The minimum absolute atomic E-state index is 0.398. The van der Waals surface area contributed by atoms with Gasteiger partial charge in [0.15, 0.2) is 0 Å². The Kier molecular flexibility index (Phi) is 3.58. The standard InChI is InChI=1S/C11H25NSi/c1-10(2)12(11(3,4)5)13-8-6-7-9-13/h10,13H,6-9H2,1-5H3. The van der Waals surface area contributed by atoms with Gasteiger partial charge in [-0.3, -0.25) is 0 Å². The molecule has 78 valence electrons. The highest BCUT2D eigenvalue weighted by molar-refractivity contribution is 6.56. The van der Waals surface area contributed by atoms with Crippen LogP contribution >= 0.6 is 0 Å². The molecule has 0 bridgehead atoms. The SMILES string of the molecule is CC(C)N([SiH]1CCCC1)C(C)(C)C. The van der Waals surface area contributed by atoms with E-state index >= 15 is 0 Å². The molecule has 13 heavy (non-hydrogen) atoms. The third-order valence-corrected chi connectivity index (χ3v) is 7.36. The second-order valence-electron chi connectivity index (χ2n) is 5.61. The molecule has 1 rings (SSSR count). The molecule has 2 heteroatoms. The zero-order chi connectivity index (χ0) is 10.1. The molecule has 1 nitrogen and oxygen atoms in total. The van der Waals surface area contributed by atoms with E-state index in [-0.39, 0.29) is 0 Å². The Labute approximate surface area is 85.2 Å². The van der Waals surface area contributed by atoms with Crippen molar-refractivity contribution < 1.29 is 0 Å². The molecule has 1 saturated heterocycles. The summed E-state index contributed by atoms with van der Waals surface area (Å²) in [5.74, 6) is 0. The molecule has 0 aromatic rings. The molecule has 0 spiro atoms. The van der Waals surface area contributed by atoms with E-state index in [9.17, 15) is 0 Å². The van der Waals surface area contributed by atoms with Gasteiger partial charge in [0.05, 0.1) is 0 Å². The fraction of sp³-hybridized carbons (Fsp3) is 1.00. The molecule has 0 N–H and O–H groups in total. The number of rotatable bonds is 2. The molecule has 1 aliphatic rings.